The molecule has 15 heavy (non-hydrogen) atoms. The molecule has 0 bridgehead atoms. The first-order valence-corrected chi connectivity index (χ1v) is 4.51. The number of hydrogen-bond acceptors (Lipinski definition) is 3. The molecule has 0 spiro atoms. The Balaban J connectivity index is 2.54. The Morgan fingerprint density at radius 3 is 2.47 bits per heavy atom. The summed E-state index contributed by atoms with van der Waals surface area (Å²) in [5.74, 6) is -0.485. The van der Waals surface area contributed by atoms with Crippen LogP contribution in [-0.2, 0) is 14.6 Å². The fraction of sp³-hybridized carbons (Fsp3) is 0.273. The summed E-state index contributed by atoms with van der Waals surface area (Å²) in [6.07, 6.45) is 2.01. The largest absolute Gasteiger partial charge is 0.462 e. The van der Waals surface area contributed by atoms with Crippen molar-refractivity contribution in [1.82, 2.24) is 0 Å². The number of rotatable bonds is 5. The van der Waals surface area contributed by atoms with Gasteiger partial charge in [0.15, 0.2) is 0 Å². The van der Waals surface area contributed by atoms with E-state index < -0.39 is 5.97 Å². The topological polar surface area (TPSA) is 63.3 Å². The fourth-order valence-electron chi connectivity index (χ4n) is 0.981. The summed E-state index contributed by atoms with van der Waals surface area (Å²) in [4.78, 5) is 21.5. The van der Waals surface area contributed by atoms with E-state index >= 15 is 0 Å². The monoisotopic (exact) mass is 206 g/mol. The minimum Gasteiger partial charge on any atom is -0.462 e. The van der Waals surface area contributed by atoms with Crippen LogP contribution in [-0.4, -0.2) is 25.5 Å². The van der Waals surface area contributed by atoms with Crippen molar-refractivity contribution in [3.8, 4) is 0 Å². The molecule has 0 aliphatic rings. The Kier molecular flexibility index (Phi) is 4.50. The smallest absolute Gasteiger partial charge is 0.338 e. The van der Waals surface area contributed by atoms with Gasteiger partial charge in [0.2, 0.25) is 6.29 Å². The second kappa shape index (κ2) is 5.93. The molecule has 78 valence electrons. The highest BCUT2D eigenvalue weighted by Crippen LogP contribution is 2.04. The Bertz CT molecular complexity index is 329. The first-order chi connectivity index (χ1) is 7.27. The number of ether oxygens (including phenoxy) is 1. The van der Waals surface area contributed by atoms with Crippen molar-refractivity contribution < 1.29 is 19.4 Å². The summed E-state index contributed by atoms with van der Waals surface area (Å²) in [7, 11) is 0. The van der Waals surface area contributed by atoms with Gasteiger partial charge in [-0.2, -0.15) is 0 Å². The lowest BCUT2D eigenvalue weighted by Crippen LogP contribution is -2.07. The third-order valence-electron chi connectivity index (χ3n) is 1.76. The summed E-state index contributed by atoms with van der Waals surface area (Å²) in [5, 5.41) is 10.1. The molecule has 0 N–H and O–H groups in total. The number of esters is 1. The van der Waals surface area contributed by atoms with Gasteiger partial charge in [0, 0.05) is 12.0 Å². The third-order valence-corrected chi connectivity index (χ3v) is 1.76. The molecule has 0 atom stereocenters. The van der Waals surface area contributed by atoms with Crippen molar-refractivity contribution in [2.75, 3.05) is 13.2 Å². The predicted octanol–water partition coefficient (Wildman–Crippen LogP) is 1.12. The average Bonchev–Trinajstić information content (AvgIpc) is 2.29. The molecule has 4 nitrogen and oxygen atoms in total. The van der Waals surface area contributed by atoms with E-state index in [1.807, 2.05) is 0 Å². The van der Waals surface area contributed by atoms with Gasteiger partial charge in [0.25, 0.3) is 0 Å². The molecule has 0 fully saturated rings. The van der Waals surface area contributed by atoms with Gasteiger partial charge in [-0.3, -0.25) is 4.79 Å². The minimum absolute atomic E-state index is 0.129. The quantitative estimate of drug-likeness (QED) is 0.535. The highest BCUT2D eigenvalue weighted by atomic mass is 16.5. The van der Waals surface area contributed by atoms with E-state index in [0.717, 1.165) is 0 Å². The number of carbonyl (C=O) groups excluding carboxylic acids is 2. The molecule has 0 saturated heterocycles. The van der Waals surface area contributed by atoms with Crippen molar-refractivity contribution in [3.05, 3.63) is 35.4 Å². The van der Waals surface area contributed by atoms with E-state index in [9.17, 15) is 14.7 Å². The van der Waals surface area contributed by atoms with Crippen molar-refractivity contribution >= 4 is 12.3 Å². The lowest BCUT2D eigenvalue weighted by atomic mass is 10.1. The summed E-state index contributed by atoms with van der Waals surface area (Å²) < 4.78 is 4.80. The maximum absolute atomic E-state index is 11.3. The van der Waals surface area contributed by atoms with Crippen LogP contribution < -0.4 is 0 Å². The predicted molar refractivity (Wildman–Crippen MR) is 51.7 cm³/mol. The van der Waals surface area contributed by atoms with Crippen molar-refractivity contribution in [3.63, 3.8) is 0 Å². The second-order valence-corrected chi connectivity index (χ2v) is 2.87. The summed E-state index contributed by atoms with van der Waals surface area (Å²) in [6.45, 7) is -0.129. The highest BCUT2D eigenvalue weighted by molar-refractivity contribution is 5.90. The van der Waals surface area contributed by atoms with E-state index in [0.29, 0.717) is 17.5 Å². The highest BCUT2D eigenvalue weighted by Gasteiger charge is 2.06. The fourth-order valence-corrected chi connectivity index (χ4v) is 0.981. The number of hydrogen-bond donors (Lipinski definition) is 0. The van der Waals surface area contributed by atoms with Crippen LogP contribution >= 0.6 is 0 Å². The normalized spacial score (nSPS) is 9.67. The molecule has 4 heteroatoms. The second-order valence-electron chi connectivity index (χ2n) is 2.87. The van der Waals surface area contributed by atoms with E-state index in [-0.39, 0.29) is 13.2 Å². The minimum atomic E-state index is -0.485. The molecule has 1 rings (SSSR count). The number of carbonyl (C=O) groups is 1. The first-order valence-electron chi connectivity index (χ1n) is 4.51. The lowest BCUT2D eigenvalue weighted by Gasteiger charge is -2.02. The van der Waals surface area contributed by atoms with E-state index in [1.54, 1.807) is 6.29 Å². The third kappa shape index (κ3) is 3.52. The van der Waals surface area contributed by atoms with Crippen LogP contribution in [0.3, 0.4) is 0 Å². The molecule has 0 amide bonds. The van der Waals surface area contributed by atoms with Crippen molar-refractivity contribution in [2.24, 2.45) is 0 Å². The molecule has 1 aromatic carbocycles. The molecule has 0 saturated carbocycles. The summed E-state index contributed by atoms with van der Waals surface area (Å²) in [5.41, 5.74) is 0.742. The van der Waals surface area contributed by atoms with Crippen LogP contribution in [0.15, 0.2) is 24.3 Å². The summed E-state index contributed by atoms with van der Waals surface area (Å²) in [6, 6.07) is 5.94. The molecule has 0 aromatic heterocycles. The van der Waals surface area contributed by atoms with Crippen LogP contribution in [0.5, 0.6) is 0 Å². The molecule has 0 heterocycles. The lowest BCUT2D eigenvalue weighted by molar-refractivity contribution is 0.0463. The van der Waals surface area contributed by atoms with Crippen molar-refractivity contribution in [1.29, 1.82) is 0 Å². The molecule has 0 aliphatic carbocycles. The molecule has 0 aliphatic heterocycles. The molecule has 1 aromatic rings. The molecule has 2 radical (unpaired) electrons. The SMILES string of the molecule is [O]CCCOC(=O)c1ccc([C]=O)cc1. The first kappa shape index (κ1) is 11.4. The van der Waals surface area contributed by atoms with Gasteiger partial charge in [-0.25, -0.2) is 9.90 Å². The van der Waals surface area contributed by atoms with Crippen molar-refractivity contribution in [2.45, 2.75) is 6.42 Å². The zero-order chi connectivity index (χ0) is 11.1. The summed E-state index contributed by atoms with van der Waals surface area (Å²) >= 11 is 0. The van der Waals surface area contributed by atoms with Crippen LogP contribution in [0.4, 0.5) is 0 Å². The molecular weight excluding hydrogens is 196 g/mol. The zero-order valence-corrected chi connectivity index (χ0v) is 8.06. The zero-order valence-electron chi connectivity index (χ0n) is 8.06. The van der Waals surface area contributed by atoms with Gasteiger partial charge in [-0.05, 0) is 12.1 Å². The Labute approximate surface area is 87.5 Å². The standard InChI is InChI=1S/C11H10O4/c12-6-1-7-15-11(14)10-4-2-9(8-13)3-5-10/h2-5H,1,6-7H2. The molecule has 0 unspecified atom stereocenters. The van der Waals surface area contributed by atoms with Gasteiger partial charge in [-0.1, -0.05) is 12.1 Å². The Morgan fingerprint density at radius 2 is 1.93 bits per heavy atom. The van der Waals surface area contributed by atoms with Crippen LogP contribution in [0.2, 0.25) is 0 Å². The molecular formula is C11H10O4. The van der Waals surface area contributed by atoms with Gasteiger partial charge >= 0.3 is 5.97 Å². The Morgan fingerprint density at radius 1 is 1.27 bits per heavy atom. The average molecular weight is 206 g/mol. The van der Waals surface area contributed by atoms with E-state index in [2.05, 4.69) is 0 Å². The van der Waals surface area contributed by atoms with Crippen LogP contribution in [0.25, 0.3) is 0 Å². The van der Waals surface area contributed by atoms with Gasteiger partial charge < -0.3 is 4.74 Å². The van der Waals surface area contributed by atoms with Gasteiger partial charge in [-0.15, -0.1) is 0 Å². The van der Waals surface area contributed by atoms with E-state index in [4.69, 9.17) is 4.74 Å². The Hall–Kier alpha value is -1.68. The number of benzene rings is 1. The van der Waals surface area contributed by atoms with Crippen LogP contribution in [0.1, 0.15) is 22.3 Å². The maximum Gasteiger partial charge on any atom is 0.338 e. The van der Waals surface area contributed by atoms with E-state index in [1.165, 1.54) is 24.3 Å². The maximum atomic E-state index is 11.3. The van der Waals surface area contributed by atoms with Gasteiger partial charge in [0.05, 0.1) is 18.8 Å². The van der Waals surface area contributed by atoms with Crippen LogP contribution in [0, 0.1) is 0 Å². The van der Waals surface area contributed by atoms with Gasteiger partial charge in [0.1, 0.15) is 0 Å².